The molecule has 1 aromatic heterocycles. The summed E-state index contributed by atoms with van der Waals surface area (Å²) >= 11 is 1.92. The molecule has 0 fully saturated rings. The highest BCUT2D eigenvalue weighted by molar-refractivity contribution is 7.26. The first-order chi connectivity index (χ1) is 27.5. The van der Waals surface area contributed by atoms with Crippen molar-refractivity contribution in [2.45, 2.75) is 19.3 Å². The Hall–Kier alpha value is -6.54. The lowest BCUT2D eigenvalue weighted by atomic mass is 9.81. The molecule has 0 saturated heterocycles. The van der Waals surface area contributed by atoms with E-state index < -0.39 is 0 Å². The van der Waals surface area contributed by atoms with Gasteiger partial charge in [-0.05, 0) is 135 Å². The van der Waals surface area contributed by atoms with Crippen LogP contribution in [-0.4, -0.2) is 0 Å². The van der Waals surface area contributed by atoms with Crippen molar-refractivity contribution in [2.24, 2.45) is 0 Å². The molecule has 0 amide bonds. The molecule has 0 nitrogen and oxygen atoms in total. The number of hydrogen-bond donors (Lipinski definition) is 0. The first kappa shape index (κ1) is 31.8. The van der Waals surface area contributed by atoms with Crippen LogP contribution in [0.1, 0.15) is 25.0 Å². The minimum absolute atomic E-state index is 0.0797. The first-order valence-corrected chi connectivity index (χ1v) is 20.4. The highest BCUT2D eigenvalue weighted by Crippen LogP contribution is 2.52. The van der Waals surface area contributed by atoms with E-state index in [0.29, 0.717) is 0 Å². The Balaban J connectivity index is 0.969. The Morgan fingerprint density at radius 2 is 0.875 bits per heavy atom. The molecule has 262 valence electrons. The molecule has 11 aromatic rings. The molecule has 56 heavy (non-hydrogen) atoms. The van der Waals surface area contributed by atoms with Gasteiger partial charge < -0.3 is 0 Å². The summed E-state index contributed by atoms with van der Waals surface area (Å²) in [5, 5.41) is 13.0. The van der Waals surface area contributed by atoms with E-state index in [1.807, 2.05) is 11.3 Å². The van der Waals surface area contributed by atoms with Gasteiger partial charge in [-0.3, -0.25) is 0 Å². The van der Waals surface area contributed by atoms with E-state index in [4.69, 9.17) is 0 Å². The van der Waals surface area contributed by atoms with Crippen LogP contribution in [0.25, 0.3) is 108 Å². The van der Waals surface area contributed by atoms with E-state index in [-0.39, 0.29) is 5.41 Å². The largest absolute Gasteiger partial charge is 0.135 e. The lowest BCUT2D eigenvalue weighted by Gasteiger charge is -2.22. The lowest BCUT2D eigenvalue weighted by molar-refractivity contribution is 0.661. The van der Waals surface area contributed by atoms with Crippen molar-refractivity contribution in [3.8, 4) is 44.5 Å². The van der Waals surface area contributed by atoms with Crippen LogP contribution in [0.5, 0.6) is 0 Å². The van der Waals surface area contributed by atoms with Gasteiger partial charge >= 0.3 is 0 Å². The van der Waals surface area contributed by atoms with Crippen LogP contribution in [0, 0.1) is 0 Å². The van der Waals surface area contributed by atoms with Gasteiger partial charge in [0.25, 0.3) is 0 Å². The molecular formula is C55H36S. The molecule has 0 spiro atoms. The molecule has 1 aliphatic rings. The third-order valence-corrected chi connectivity index (χ3v) is 13.8. The minimum Gasteiger partial charge on any atom is -0.135 e. The Kier molecular flexibility index (Phi) is 6.66. The zero-order chi connectivity index (χ0) is 37.1. The molecule has 1 heterocycles. The molecule has 0 unspecified atom stereocenters. The summed E-state index contributed by atoms with van der Waals surface area (Å²) in [4.78, 5) is 0. The molecule has 10 aromatic carbocycles. The van der Waals surface area contributed by atoms with Crippen molar-refractivity contribution < 1.29 is 0 Å². The molecule has 1 heteroatoms. The smallest absolute Gasteiger partial charge is 0.0433 e. The van der Waals surface area contributed by atoms with Gasteiger partial charge in [-0.25, -0.2) is 0 Å². The molecule has 0 bridgehead atoms. The van der Waals surface area contributed by atoms with Crippen LogP contribution in [-0.2, 0) is 5.41 Å². The molecule has 12 rings (SSSR count). The fraction of sp³-hybridized carbons (Fsp3) is 0.0545. The molecule has 0 aliphatic heterocycles. The summed E-state index contributed by atoms with van der Waals surface area (Å²) in [6.07, 6.45) is 0. The molecule has 0 saturated carbocycles. The van der Waals surface area contributed by atoms with E-state index in [2.05, 4.69) is 196 Å². The summed E-state index contributed by atoms with van der Waals surface area (Å²) in [5.41, 5.74) is 13.1. The predicted octanol–water partition coefficient (Wildman–Crippen LogP) is 16.0. The maximum Gasteiger partial charge on any atom is 0.0433 e. The topological polar surface area (TPSA) is 0 Å². The zero-order valence-electron chi connectivity index (χ0n) is 31.2. The van der Waals surface area contributed by atoms with Gasteiger partial charge in [-0.15, -0.1) is 11.3 Å². The summed E-state index contributed by atoms with van der Waals surface area (Å²) in [7, 11) is 0. The van der Waals surface area contributed by atoms with E-state index in [9.17, 15) is 0 Å². The van der Waals surface area contributed by atoms with Gasteiger partial charge in [0.1, 0.15) is 0 Å². The number of thiophene rings is 1. The first-order valence-electron chi connectivity index (χ1n) is 19.6. The molecule has 1 aliphatic carbocycles. The Morgan fingerprint density at radius 1 is 0.339 bits per heavy atom. The van der Waals surface area contributed by atoms with Crippen molar-refractivity contribution >= 4 is 74.6 Å². The molecule has 0 atom stereocenters. The summed E-state index contributed by atoms with van der Waals surface area (Å²) < 4.78 is 2.75. The number of rotatable bonds is 3. The number of benzene rings is 10. The maximum atomic E-state index is 2.50. The van der Waals surface area contributed by atoms with Gasteiger partial charge in [0, 0.05) is 25.6 Å². The average Bonchev–Trinajstić information content (AvgIpc) is 3.73. The third-order valence-electron chi connectivity index (χ3n) is 12.6. The van der Waals surface area contributed by atoms with Gasteiger partial charge in [0.2, 0.25) is 0 Å². The number of hydrogen-bond acceptors (Lipinski definition) is 1. The minimum atomic E-state index is -0.0797. The fourth-order valence-electron chi connectivity index (χ4n) is 9.87. The standard InChI is InChI=1S/C55H36S/c1-55(2)49-27-25-37(30-47(49)48-31-38-24-26-45-40-14-10-11-19-51(40)56-54(45)46(38)32-50(48)55)35-20-21-36-29-39(23-22-34(36)28-35)53-43-17-8-6-15-41(43)52(33-12-4-3-5-13-33)42-16-7-9-18-44(42)53/h3-32H,1-2H3. The zero-order valence-corrected chi connectivity index (χ0v) is 32.0. The van der Waals surface area contributed by atoms with Crippen LogP contribution >= 0.6 is 11.3 Å². The quantitative estimate of drug-likeness (QED) is 0.159. The van der Waals surface area contributed by atoms with Gasteiger partial charge in [0.15, 0.2) is 0 Å². The number of fused-ring (bicyclic) bond motifs is 11. The van der Waals surface area contributed by atoms with Crippen molar-refractivity contribution in [1.82, 2.24) is 0 Å². The predicted molar refractivity (Wildman–Crippen MR) is 243 cm³/mol. The van der Waals surface area contributed by atoms with Gasteiger partial charge in [0.05, 0.1) is 0 Å². The van der Waals surface area contributed by atoms with E-state index in [0.717, 1.165) is 0 Å². The van der Waals surface area contributed by atoms with E-state index in [1.54, 1.807) is 0 Å². The second-order valence-electron chi connectivity index (χ2n) is 16.0. The second-order valence-corrected chi connectivity index (χ2v) is 17.1. The van der Waals surface area contributed by atoms with Gasteiger partial charge in [-0.2, -0.15) is 0 Å². The van der Waals surface area contributed by atoms with Crippen LogP contribution in [0.15, 0.2) is 182 Å². The monoisotopic (exact) mass is 728 g/mol. The molecule has 0 radical (unpaired) electrons. The van der Waals surface area contributed by atoms with Crippen LogP contribution < -0.4 is 0 Å². The highest BCUT2D eigenvalue weighted by Gasteiger charge is 2.36. The van der Waals surface area contributed by atoms with Crippen molar-refractivity contribution in [3.63, 3.8) is 0 Å². The van der Waals surface area contributed by atoms with Crippen LogP contribution in [0.2, 0.25) is 0 Å². The SMILES string of the molecule is CC1(C)c2ccc(-c3ccc4cc(-c5c6ccccc6c(-c6ccccc6)c6ccccc56)ccc4c3)cc2-c2cc3ccc4c5ccccc5sc4c3cc21. The van der Waals surface area contributed by atoms with Crippen molar-refractivity contribution in [3.05, 3.63) is 193 Å². The summed E-state index contributed by atoms with van der Waals surface area (Å²) in [6, 6.07) is 68.2. The normalized spacial score (nSPS) is 13.3. The van der Waals surface area contributed by atoms with Crippen LogP contribution in [0.3, 0.4) is 0 Å². The Labute approximate surface area is 329 Å². The second kappa shape index (κ2) is 11.7. The van der Waals surface area contributed by atoms with Gasteiger partial charge in [-0.1, -0.05) is 159 Å². The Bertz CT molecular complexity index is 3380. The molecular weight excluding hydrogens is 693 g/mol. The van der Waals surface area contributed by atoms with Crippen LogP contribution in [0.4, 0.5) is 0 Å². The maximum absolute atomic E-state index is 2.50. The summed E-state index contributed by atoms with van der Waals surface area (Å²) in [6.45, 7) is 4.78. The Morgan fingerprint density at radius 3 is 1.59 bits per heavy atom. The average molecular weight is 729 g/mol. The third kappa shape index (κ3) is 4.53. The van der Waals surface area contributed by atoms with Crippen molar-refractivity contribution in [1.29, 1.82) is 0 Å². The molecule has 0 N–H and O–H groups in total. The highest BCUT2D eigenvalue weighted by atomic mass is 32.1. The summed E-state index contributed by atoms with van der Waals surface area (Å²) in [5.74, 6) is 0. The lowest BCUT2D eigenvalue weighted by Crippen LogP contribution is -2.14. The van der Waals surface area contributed by atoms with E-state index >= 15 is 0 Å². The van der Waals surface area contributed by atoms with E-state index in [1.165, 1.54) is 119 Å². The fourth-order valence-corrected chi connectivity index (χ4v) is 11.1. The van der Waals surface area contributed by atoms with Crippen molar-refractivity contribution in [2.75, 3.05) is 0 Å².